The van der Waals surface area contributed by atoms with Crippen molar-refractivity contribution in [1.82, 2.24) is 9.97 Å². The zero-order chi connectivity index (χ0) is 11.7. The highest BCUT2D eigenvalue weighted by Crippen LogP contribution is 2.08. The largest absolute Gasteiger partial charge is 0.612 e. The minimum atomic E-state index is -0.521. The Bertz CT molecular complexity index is 583. The fraction of sp³-hybridized carbons (Fsp3) is 0.222. The number of halogens is 2. The molecule has 5 nitrogen and oxygen atoms in total. The fourth-order valence-corrected chi connectivity index (χ4v) is 1.64. The maximum atomic E-state index is 11.4. The number of rotatable bonds is 2. The molecule has 1 aliphatic rings. The van der Waals surface area contributed by atoms with E-state index in [9.17, 15) is 5.11 Å². The minimum absolute atomic E-state index is 0.00833. The van der Waals surface area contributed by atoms with Crippen molar-refractivity contribution in [1.29, 1.82) is 0 Å². The summed E-state index contributed by atoms with van der Waals surface area (Å²) in [4.78, 5) is 11.6. The van der Waals surface area contributed by atoms with Crippen LogP contribution in [0.1, 0.15) is 6.92 Å². The lowest BCUT2D eigenvalue weighted by atomic mass is 10.4. The number of hydrogen-bond acceptors (Lipinski definition) is 5. The summed E-state index contributed by atoms with van der Waals surface area (Å²) in [5.74, 6) is -0.521. The summed E-state index contributed by atoms with van der Waals surface area (Å²) in [5, 5.41) is 12.0. The molecule has 1 aromatic rings. The van der Waals surface area contributed by atoms with Crippen molar-refractivity contribution in [2.24, 2.45) is 4.99 Å². The molecular weight excluding hydrogens is 253 g/mol. The molecule has 7 heteroatoms. The van der Waals surface area contributed by atoms with Crippen molar-refractivity contribution in [3.8, 4) is 0 Å². The third-order valence-electron chi connectivity index (χ3n) is 1.84. The first-order valence-corrected chi connectivity index (χ1v) is 5.21. The molecule has 0 bridgehead atoms. The Labute approximate surface area is 101 Å². The van der Waals surface area contributed by atoms with E-state index in [0.717, 1.165) is 0 Å². The first-order valence-electron chi connectivity index (χ1n) is 4.45. The molecule has 0 fully saturated rings. The van der Waals surface area contributed by atoms with Crippen molar-refractivity contribution in [3.63, 3.8) is 0 Å². The van der Waals surface area contributed by atoms with Gasteiger partial charge in [0.1, 0.15) is 5.15 Å². The minimum Gasteiger partial charge on any atom is -0.612 e. The zero-order valence-electron chi connectivity index (χ0n) is 8.20. The second-order valence-corrected chi connectivity index (χ2v) is 3.58. The first kappa shape index (κ1) is 11.2. The van der Waals surface area contributed by atoms with Gasteiger partial charge in [0.15, 0.2) is 5.49 Å². The van der Waals surface area contributed by atoms with E-state index in [0.29, 0.717) is 5.22 Å². The molecule has 0 saturated heterocycles. The summed E-state index contributed by atoms with van der Waals surface area (Å²) in [7, 11) is 0. The molecule has 0 saturated carbocycles. The van der Waals surface area contributed by atoms with Gasteiger partial charge in [-0.05, 0) is 24.3 Å². The Morgan fingerprint density at radius 2 is 2.19 bits per heavy atom. The standard InChI is InChI=1S/C9H7Cl2N3O2/c1-2-16-8(15)5-3-4-6(10)13-9(11)14-7(4)12-5/h3,15H,2H2,1H3/p-1. The highest BCUT2D eigenvalue weighted by atomic mass is 35.5. The predicted octanol–water partition coefficient (Wildman–Crippen LogP) is -0.237. The van der Waals surface area contributed by atoms with E-state index in [-0.39, 0.29) is 28.2 Å². The molecule has 0 N–H and O–H groups in total. The van der Waals surface area contributed by atoms with Gasteiger partial charge in [0.25, 0.3) is 0 Å². The van der Waals surface area contributed by atoms with Crippen LogP contribution in [-0.4, -0.2) is 16.6 Å². The van der Waals surface area contributed by atoms with Gasteiger partial charge in [-0.25, -0.2) is 9.98 Å². The second-order valence-electron chi connectivity index (χ2n) is 2.88. The van der Waals surface area contributed by atoms with Crippen LogP contribution in [0.2, 0.25) is 10.4 Å². The lowest BCUT2D eigenvalue weighted by Crippen LogP contribution is -2.27. The van der Waals surface area contributed by atoms with Crippen LogP contribution >= 0.6 is 23.2 Å². The summed E-state index contributed by atoms with van der Waals surface area (Å²) in [5.41, 5.74) is 0.434. The normalized spacial score (nSPS) is 16.2. The second kappa shape index (κ2) is 4.27. The molecule has 0 amide bonds. The van der Waals surface area contributed by atoms with Gasteiger partial charge < -0.3 is 9.84 Å². The van der Waals surface area contributed by atoms with Crippen molar-refractivity contribution in [2.75, 3.05) is 6.61 Å². The molecule has 0 aromatic carbocycles. The van der Waals surface area contributed by atoms with Crippen LogP contribution in [0, 0.1) is 0 Å². The first-order chi connectivity index (χ1) is 7.61. The lowest BCUT2D eigenvalue weighted by Gasteiger charge is -2.12. The molecule has 84 valence electrons. The average molecular weight is 259 g/mol. The number of nitrogens with zero attached hydrogens (tertiary/aromatic N) is 3. The van der Waals surface area contributed by atoms with Crippen molar-refractivity contribution in [2.45, 2.75) is 6.92 Å². The summed E-state index contributed by atoms with van der Waals surface area (Å²) >= 11 is 11.4. The number of ether oxygens (including phenoxy) is 1. The van der Waals surface area contributed by atoms with E-state index >= 15 is 0 Å². The summed E-state index contributed by atoms with van der Waals surface area (Å²) in [6, 6.07) is 0. The Kier molecular flexibility index (Phi) is 2.98. The highest BCUT2D eigenvalue weighted by molar-refractivity contribution is 6.31. The quantitative estimate of drug-likeness (QED) is 0.417. The van der Waals surface area contributed by atoms with Gasteiger partial charge in [-0.15, -0.1) is 0 Å². The Morgan fingerprint density at radius 3 is 2.88 bits per heavy atom. The Balaban J connectivity index is 2.60. The third kappa shape index (κ3) is 1.96. The van der Waals surface area contributed by atoms with Gasteiger partial charge in [0.2, 0.25) is 5.28 Å². The average Bonchev–Trinajstić information content (AvgIpc) is 2.62. The van der Waals surface area contributed by atoms with Crippen LogP contribution in [0.3, 0.4) is 0 Å². The van der Waals surface area contributed by atoms with Gasteiger partial charge in [0, 0.05) is 0 Å². The lowest BCUT2D eigenvalue weighted by molar-refractivity contribution is -0.357. The van der Waals surface area contributed by atoms with Crippen LogP contribution in [0.4, 0.5) is 0 Å². The van der Waals surface area contributed by atoms with Crippen LogP contribution < -0.4 is 15.8 Å². The molecule has 2 heterocycles. The van der Waals surface area contributed by atoms with Gasteiger partial charge >= 0.3 is 0 Å². The smallest absolute Gasteiger partial charge is 0.225 e. The molecule has 16 heavy (non-hydrogen) atoms. The van der Waals surface area contributed by atoms with Crippen molar-refractivity contribution >= 4 is 29.3 Å². The van der Waals surface area contributed by atoms with Crippen molar-refractivity contribution < 1.29 is 9.84 Å². The highest BCUT2D eigenvalue weighted by Gasteiger charge is 2.09. The maximum absolute atomic E-state index is 11.4. The number of hydrogen-bond donors (Lipinski definition) is 0. The Hall–Kier alpha value is -1.33. The van der Waals surface area contributed by atoms with E-state index < -0.39 is 5.95 Å². The van der Waals surface area contributed by atoms with Gasteiger partial charge in [-0.2, -0.15) is 4.98 Å². The molecular formula is C9H6Cl2N3O2-. The summed E-state index contributed by atoms with van der Waals surface area (Å²) < 4.78 is 4.80. The molecule has 0 aliphatic carbocycles. The van der Waals surface area contributed by atoms with E-state index in [4.69, 9.17) is 27.9 Å². The molecule has 0 unspecified atom stereocenters. The summed E-state index contributed by atoms with van der Waals surface area (Å²) in [6.07, 6.45) is 1.48. The molecule has 0 atom stereocenters. The van der Waals surface area contributed by atoms with Crippen molar-refractivity contribution in [3.05, 3.63) is 32.8 Å². The van der Waals surface area contributed by atoms with Crippen LogP contribution in [0.5, 0.6) is 0 Å². The van der Waals surface area contributed by atoms with Gasteiger partial charge in [-0.1, -0.05) is 18.5 Å². The van der Waals surface area contributed by atoms with Crippen LogP contribution in [0.15, 0.2) is 16.6 Å². The topological polar surface area (TPSA) is 70.4 Å². The Morgan fingerprint density at radius 1 is 1.44 bits per heavy atom. The SMILES string of the molecule is CCOC([O-])=C1C=c2c(Cl)nc(Cl)nc2=N1. The molecule has 0 spiro atoms. The molecule has 0 radical (unpaired) electrons. The number of fused-ring (bicyclic) bond motifs is 1. The van der Waals surface area contributed by atoms with Gasteiger partial charge in [0.05, 0.1) is 16.9 Å². The van der Waals surface area contributed by atoms with Gasteiger partial charge in [-0.3, -0.25) is 0 Å². The summed E-state index contributed by atoms with van der Waals surface area (Å²) in [6.45, 7) is 1.99. The molecule has 2 rings (SSSR count). The third-order valence-corrected chi connectivity index (χ3v) is 2.30. The van der Waals surface area contributed by atoms with Crippen LogP contribution in [-0.2, 0) is 4.74 Å². The van der Waals surface area contributed by atoms with E-state index in [1.165, 1.54) is 6.08 Å². The monoisotopic (exact) mass is 258 g/mol. The number of aromatic nitrogens is 2. The van der Waals surface area contributed by atoms with Crippen LogP contribution in [0.25, 0.3) is 6.08 Å². The maximum Gasteiger partial charge on any atom is 0.225 e. The zero-order valence-corrected chi connectivity index (χ0v) is 9.71. The molecule has 1 aromatic heterocycles. The predicted molar refractivity (Wildman–Crippen MR) is 56.0 cm³/mol. The fourth-order valence-electron chi connectivity index (χ4n) is 1.21. The van der Waals surface area contributed by atoms with E-state index in [1.807, 2.05) is 0 Å². The molecule has 1 aliphatic heterocycles. The van der Waals surface area contributed by atoms with E-state index in [1.54, 1.807) is 6.92 Å². The number of allylic oxidation sites excluding steroid dienone is 1. The van der Waals surface area contributed by atoms with E-state index in [2.05, 4.69) is 15.0 Å².